The van der Waals surface area contributed by atoms with Crippen molar-refractivity contribution in [3.05, 3.63) is 62.2 Å². The van der Waals surface area contributed by atoms with E-state index in [1.165, 1.54) is 27.3 Å². The lowest BCUT2D eigenvalue weighted by atomic mass is 10.1. The van der Waals surface area contributed by atoms with Gasteiger partial charge in [0.15, 0.2) is 0 Å². The van der Waals surface area contributed by atoms with E-state index in [1.54, 1.807) is 20.2 Å². The summed E-state index contributed by atoms with van der Waals surface area (Å²) in [4.78, 5) is 12.0. The van der Waals surface area contributed by atoms with E-state index in [2.05, 4.69) is 20.7 Å². The standard InChI is InChI=1S/C17H14BrFN4O3S/c1-22-14-6-12(18)16(7-15(14)23(2)17(22)24)27(25,26)21-9-11-5-10(8-20)3-4-13(11)19/h3-7,21H,9H2,1-2H3. The number of hydrogen-bond acceptors (Lipinski definition) is 4. The van der Waals surface area contributed by atoms with Crippen LogP contribution in [0.25, 0.3) is 11.0 Å². The Kier molecular flexibility index (Phi) is 4.94. The van der Waals surface area contributed by atoms with Gasteiger partial charge in [0.05, 0.1) is 27.6 Å². The minimum Gasteiger partial charge on any atom is -0.295 e. The molecule has 3 rings (SSSR count). The van der Waals surface area contributed by atoms with Crippen LogP contribution in [0.4, 0.5) is 4.39 Å². The number of halogens is 2. The van der Waals surface area contributed by atoms with Crippen LogP contribution >= 0.6 is 15.9 Å². The highest BCUT2D eigenvalue weighted by Crippen LogP contribution is 2.27. The molecule has 7 nitrogen and oxygen atoms in total. The molecular weight excluding hydrogens is 439 g/mol. The molecule has 1 N–H and O–H groups in total. The van der Waals surface area contributed by atoms with Gasteiger partial charge in [-0.1, -0.05) is 0 Å². The quantitative estimate of drug-likeness (QED) is 0.655. The van der Waals surface area contributed by atoms with Gasteiger partial charge in [0.1, 0.15) is 5.82 Å². The molecule has 0 aliphatic heterocycles. The molecule has 0 saturated heterocycles. The Morgan fingerprint density at radius 3 is 2.44 bits per heavy atom. The number of nitrogens with one attached hydrogen (secondary N) is 1. The number of hydrogen-bond donors (Lipinski definition) is 1. The molecule has 0 saturated carbocycles. The van der Waals surface area contributed by atoms with Gasteiger partial charge < -0.3 is 0 Å². The van der Waals surface area contributed by atoms with Crippen LogP contribution < -0.4 is 10.4 Å². The number of fused-ring (bicyclic) bond motifs is 1. The normalized spacial score (nSPS) is 11.7. The maximum atomic E-state index is 13.9. The number of aryl methyl sites for hydroxylation is 2. The van der Waals surface area contributed by atoms with E-state index in [-0.39, 0.29) is 32.7 Å². The second-order valence-electron chi connectivity index (χ2n) is 5.91. The van der Waals surface area contributed by atoms with Crippen molar-refractivity contribution >= 4 is 37.0 Å². The van der Waals surface area contributed by atoms with Crippen molar-refractivity contribution in [1.29, 1.82) is 5.26 Å². The Hall–Kier alpha value is -2.48. The van der Waals surface area contributed by atoms with Crippen LogP contribution in [-0.2, 0) is 30.7 Å². The lowest BCUT2D eigenvalue weighted by Gasteiger charge is -2.10. The minimum absolute atomic E-state index is 0.0573. The van der Waals surface area contributed by atoms with E-state index in [0.29, 0.717) is 11.0 Å². The van der Waals surface area contributed by atoms with Crippen LogP contribution in [0.1, 0.15) is 11.1 Å². The summed E-state index contributed by atoms with van der Waals surface area (Å²) in [5.74, 6) is -0.614. The molecule has 0 amide bonds. The minimum atomic E-state index is -4.01. The number of rotatable bonds is 4. The number of imidazole rings is 1. The third-order valence-corrected chi connectivity index (χ3v) is 6.60. The molecular formula is C17H14BrFN4O3S. The molecule has 0 radical (unpaired) electrons. The van der Waals surface area contributed by atoms with Gasteiger partial charge in [0.2, 0.25) is 10.0 Å². The molecule has 1 heterocycles. The van der Waals surface area contributed by atoms with Crippen molar-refractivity contribution < 1.29 is 12.8 Å². The maximum Gasteiger partial charge on any atom is 0.328 e. The van der Waals surface area contributed by atoms with Crippen LogP contribution in [-0.4, -0.2) is 17.6 Å². The van der Waals surface area contributed by atoms with E-state index in [9.17, 15) is 17.6 Å². The molecule has 10 heteroatoms. The van der Waals surface area contributed by atoms with Gasteiger partial charge in [-0.15, -0.1) is 0 Å². The zero-order valence-corrected chi connectivity index (χ0v) is 16.7. The molecule has 140 valence electrons. The number of aromatic nitrogens is 2. The van der Waals surface area contributed by atoms with Gasteiger partial charge in [-0.2, -0.15) is 5.26 Å². The van der Waals surface area contributed by atoms with E-state index >= 15 is 0 Å². The summed E-state index contributed by atoms with van der Waals surface area (Å²) in [5.41, 5.74) is 1.02. The van der Waals surface area contributed by atoms with Crippen LogP contribution in [0.15, 0.2) is 44.5 Å². The Balaban J connectivity index is 2.00. The van der Waals surface area contributed by atoms with Crippen molar-refractivity contribution in [3.8, 4) is 6.07 Å². The van der Waals surface area contributed by atoms with E-state index in [1.807, 2.05) is 6.07 Å². The zero-order chi connectivity index (χ0) is 19.9. The van der Waals surface area contributed by atoms with E-state index in [0.717, 1.165) is 6.07 Å². The molecule has 3 aromatic rings. The van der Waals surface area contributed by atoms with Gasteiger partial charge >= 0.3 is 5.69 Å². The lowest BCUT2D eigenvalue weighted by Crippen LogP contribution is -2.24. The molecule has 0 atom stereocenters. The summed E-state index contributed by atoms with van der Waals surface area (Å²) in [5, 5.41) is 8.90. The fourth-order valence-corrected chi connectivity index (χ4v) is 4.79. The Bertz CT molecular complexity index is 1270. The summed E-state index contributed by atoms with van der Waals surface area (Å²) < 4.78 is 44.7. The Labute approximate surface area is 162 Å². The van der Waals surface area contributed by atoms with E-state index < -0.39 is 15.8 Å². The average molecular weight is 453 g/mol. The first-order valence-electron chi connectivity index (χ1n) is 7.69. The monoisotopic (exact) mass is 452 g/mol. The largest absolute Gasteiger partial charge is 0.328 e. The van der Waals surface area contributed by atoms with Gasteiger partial charge in [-0.3, -0.25) is 9.13 Å². The molecule has 0 bridgehead atoms. The molecule has 2 aromatic carbocycles. The molecule has 0 aliphatic carbocycles. The topological polar surface area (TPSA) is 96.9 Å². The molecule has 0 aliphatic rings. The van der Waals surface area contributed by atoms with Crippen molar-refractivity contribution in [2.24, 2.45) is 14.1 Å². The Morgan fingerprint density at radius 1 is 1.19 bits per heavy atom. The first-order valence-corrected chi connectivity index (χ1v) is 9.96. The molecule has 0 spiro atoms. The summed E-state index contributed by atoms with van der Waals surface area (Å²) in [6, 6.07) is 8.52. The van der Waals surface area contributed by atoms with Crippen LogP contribution in [0.3, 0.4) is 0 Å². The molecule has 1 aromatic heterocycles. The lowest BCUT2D eigenvalue weighted by molar-refractivity contribution is 0.574. The summed E-state index contributed by atoms with van der Waals surface area (Å²) >= 11 is 3.22. The van der Waals surface area contributed by atoms with Crippen LogP contribution in [0, 0.1) is 17.1 Å². The highest BCUT2D eigenvalue weighted by atomic mass is 79.9. The van der Waals surface area contributed by atoms with Gasteiger partial charge in [0, 0.05) is 30.7 Å². The Morgan fingerprint density at radius 2 is 1.81 bits per heavy atom. The second-order valence-corrected chi connectivity index (χ2v) is 8.50. The van der Waals surface area contributed by atoms with Crippen molar-refractivity contribution in [2.45, 2.75) is 11.4 Å². The van der Waals surface area contributed by atoms with Crippen molar-refractivity contribution in [3.63, 3.8) is 0 Å². The maximum absolute atomic E-state index is 13.9. The number of nitriles is 1. The third kappa shape index (κ3) is 3.41. The summed E-state index contributed by atoms with van der Waals surface area (Å²) in [6.07, 6.45) is 0. The predicted molar refractivity (Wildman–Crippen MR) is 101 cm³/mol. The predicted octanol–water partition coefficient (Wildman–Crippen LogP) is 2.13. The average Bonchev–Trinajstić information content (AvgIpc) is 2.84. The molecule has 27 heavy (non-hydrogen) atoms. The summed E-state index contributed by atoms with van der Waals surface area (Å²) in [6.45, 7) is -0.318. The number of sulfonamides is 1. The fourth-order valence-electron chi connectivity index (χ4n) is 2.74. The number of nitrogens with zero attached hydrogens (tertiary/aromatic N) is 3. The smallest absolute Gasteiger partial charge is 0.295 e. The van der Waals surface area contributed by atoms with E-state index in [4.69, 9.17) is 5.26 Å². The third-order valence-electron chi connectivity index (χ3n) is 4.24. The van der Waals surface area contributed by atoms with Gasteiger partial charge in [0.25, 0.3) is 0 Å². The van der Waals surface area contributed by atoms with Gasteiger partial charge in [-0.25, -0.2) is 22.3 Å². The SMILES string of the molecule is Cn1c(=O)n(C)c2cc(S(=O)(=O)NCc3cc(C#N)ccc3F)c(Br)cc21. The molecule has 0 unspecified atom stereocenters. The zero-order valence-electron chi connectivity index (χ0n) is 14.3. The van der Waals surface area contributed by atoms with Crippen LogP contribution in [0.2, 0.25) is 0 Å². The summed E-state index contributed by atoms with van der Waals surface area (Å²) in [7, 11) is -0.870. The van der Waals surface area contributed by atoms with Gasteiger partial charge in [-0.05, 0) is 46.3 Å². The second kappa shape index (κ2) is 6.92. The van der Waals surface area contributed by atoms with Crippen molar-refractivity contribution in [2.75, 3.05) is 0 Å². The highest BCUT2D eigenvalue weighted by molar-refractivity contribution is 9.10. The first kappa shape index (κ1) is 19.3. The fraction of sp³-hybridized carbons (Fsp3) is 0.176. The number of benzene rings is 2. The van der Waals surface area contributed by atoms with Crippen molar-refractivity contribution in [1.82, 2.24) is 13.9 Å². The van der Waals surface area contributed by atoms with Crippen LogP contribution in [0.5, 0.6) is 0 Å². The first-order chi connectivity index (χ1) is 12.7. The highest BCUT2D eigenvalue weighted by Gasteiger charge is 2.21. The molecule has 0 fully saturated rings.